The highest BCUT2D eigenvalue weighted by Gasteiger charge is 2.20. The van der Waals surface area contributed by atoms with Gasteiger partial charge in [0.05, 0.1) is 23.2 Å². The first kappa shape index (κ1) is 15.7. The van der Waals surface area contributed by atoms with Gasteiger partial charge >= 0.3 is 0 Å². The van der Waals surface area contributed by atoms with Crippen LogP contribution >= 0.6 is 22.7 Å². The highest BCUT2D eigenvalue weighted by molar-refractivity contribution is 7.09. The van der Waals surface area contributed by atoms with Gasteiger partial charge in [-0.1, -0.05) is 20.8 Å². The Hall–Kier alpha value is -1.71. The van der Waals surface area contributed by atoms with Crippen molar-refractivity contribution in [3.63, 3.8) is 0 Å². The highest BCUT2D eigenvalue weighted by Crippen LogP contribution is 2.25. The van der Waals surface area contributed by atoms with E-state index in [-0.39, 0.29) is 17.7 Å². The van der Waals surface area contributed by atoms with E-state index in [9.17, 15) is 4.79 Å². The maximum atomic E-state index is 12.0. The molecule has 0 saturated carbocycles. The van der Waals surface area contributed by atoms with E-state index in [1.54, 1.807) is 11.3 Å². The molecule has 6 heteroatoms. The second-order valence-electron chi connectivity index (χ2n) is 5.76. The average molecular weight is 319 g/mol. The third kappa shape index (κ3) is 4.13. The fourth-order valence-electron chi connectivity index (χ4n) is 1.74. The van der Waals surface area contributed by atoms with E-state index < -0.39 is 6.04 Å². The number of rotatable bonds is 4. The van der Waals surface area contributed by atoms with Crippen LogP contribution in [0.2, 0.25) is 0 Å². The van der Waals surface area contributed by atoms with Gasteiger partial charge < -0.3 is 5.32 Å². The Kier molecular flexibility index (Phi) is 4.76. The number of carbonyl (C=O) groups excluding carboxylic acids is 1. The van der Waals surface area contributed by atoms with Gasteiger partial charge in [0.2, 0.25) is 5.91 Å². The summed E-state index contributed by atoms with van der Waals surface area (Å²) in [7, 11) is 0. The van der Waals surface area contributed by atoms with Crippen LogP contribution in [0.25, 0.3) is 0 Å². The Balaban J connectivity index is 1.99. The fourth-order valence-corrected chi connectivity index (χ4v) is 3.33. The van der Waals surface area contributed by atoms with E-state index in [4.69, 9.17) is 5.26 Å². The lowest BCUT2D eigenvalue weighted by atomic mass is 9.98. The number of amides is 1. The maximum Gasteiger partial charge on any atom is 0.227 e. The predicted molar refractivity (Wildman–Crippen MR) is 85.3 cm³/mol. The first-order valence-corrected chi connectivity index (χ1v) is 8.38. The first-order valence-electron chi connectivity index (χ1n) is 6.56. The van der Waals surface area contributed by atoms with Crippen molar-refractivity contribution in [2.24, 2.45) is 0 Å². The number of thiazole rings is 1. The van der Waals surface area contributed by atoms with Gasteiger partial charge in [-0.2, -0.15) is 16.6 Å². The Labute approximate surface area is 132 Å². The van der Waals surface area contributed by atoms with E-state index in [1.807, 2.05) is 22.2 Å². The lowest BCUT2D eigenvalue weighted by Crippen LogP contribution is -2.28. The summed E-state index contributed by atoms with van der Waals surface area (Å²) in [4.78, 5) is 16.5. The summed E-state index contributed by atoms with van der Waals surface area (Å²) in [5.74, 6) is -0.182. The Morgan fingerprint density at radius 1 is 1.48 bits per heavy atom. The molecule has 0 bridgehead atoms. The van der Waals surface area contributed by atoms with E-state index in [0.29, 0.717) is 0 Å². The second kappa shape index (κ2) is 6.37. The standard InChI is InChI=1S/C15H17N3OS2/c1-15(2,3)14-17-11(9-21-14)6-13(19)18-12(7-16)10-4-5-20-8-10/h4-5,8-9,12H,6H2,1-3H3,(H,18,19)/t12-/m1/s1. The van der Waals surface area contributed by atoms with Gasteiger partial charge in [-0.05, 0) is 22.4 Å². The zero-order valence-electron chi connectivity index (χ0n) is 12.2. The summed E-state index contributed by atoms with van der Waals surface area (Å²) in [5, 5.41) is 18.6. The molecule has 0 radical (unpaired) electrons. The summed E-state index contributed by atoms with van der Waals surface area (Å²) in [5.41, 5.74) is 1.57. The third-order valence-corrected chi connectivity index (χ3v) is 4.86. The molecule has 2 aromatic heterocycles. The van der Waals surface area contributed by atoms with Crippen LogP contribution in [0.3, 0.4) is 0 Å². The summed E-state index contributed by atoms with van der Waals surface area (Å²) in [6.45, 7) is 6.29. The molecular weight excluding hydrogens is 302 g/mol. The monoisotopic (exact) mass is 319 g/mol. The molecule has 4 nitrogen and oxygen atoms in total. The molecular formula is C15H17N3OS2. The zero-order chi connectivity index (χ0) is 15.5. The fraction of sp³-hybridized carbons (Fsp3) is 0.400. The molecule has 0 unspecified atom stereocenters. The van der Waals surface area contributed by atoms with Crippen LogP contribution in [0.15, 0.2) is 22.2 Å². The minimum absolute atomic E-state index is 0.00867. The number of thiophene rings is 1. The normalized spacial score (nSPS) is 12.7. The van der Waals surface area contributed by atoms with E-state index in [0.717, 1.165) is 16.3 Å². The van der Waals surface area contributed by atoms with Crippen molar-refractivity contribution in [3.8, 4) is 6.07 Å². The number of nitrogens with zero attached hydrogens (tertiary/aromatic N) is 2. The smallest absolute Gasteiger partial charge is 0.227 e. The maximum absolute atomic E-state index is 12.0. The Bertz CT molecular complexity index is 647. The molecule has 1 N–H and O–H groups in total. The number of hydrogen-bond acceptors (Lipinski definition) is 5. The van der Waals surface area contributed by atoms with Crippen molar-refractivity contribution < 1.29 is 4.79 Å². The summed E-state index contributed by atoms with van der Waals surface area (Å²) in [6.07, 6.45) is 0.203. The van der Waals surface area contributed by atoms with Gasteiger partial charge in [-0.3, -0.25) is 4.79 Å². The molecule has 110 valence electrons. The minimum atomic E-state index is -0.593. The van der Waals surface area contributed by atoms with Crippen LogP contribution in [0.1, 0.15) is 43.1 Å². The van der Waals surface area contributed by atoms with Gasteiger partial charge in [0.1, 0.15) is 6.04 Å². The van der Waals surface area contributed by atoms with Crippen molar-refractivity contribution in [2.45, 2.75) is 38.6 Å². The molecule has 1 atom stereocenters. The molecule has 2 aromatic rings. The van der Waals surface area contributed by atoms with E-state index in [1.165, 1.54) is 11.3 Å². The molecule has 0 aliphatic rings. The van der Waals surface area contributed by atoms with Crippen LogP contribution in [0.4, 0.5) is 0 Å². The van der Waals surface area contributed by atoms with Crippen molar-refractivity contribution in [2.75, 3.05) is 0 Å². The van der Waals surface area contributed by atoms with Crippen LogP contribution in [-0.2, 0) is 16.6 Å². The Morgan fingerprint density at radius 3 is 2.76 bits per heavy atom. The van der Waals surface area contributed by atoms with Crippen molar-refractivity contribution in [3.05, 3.63) is 38.5 Å². The molecule has 2 heterocycles. The van der Waals surface area contributed by atoms with Crippen LogP contribution in [-0.4, -0.2) is 10.9 Å². The van der Waals surface area contributed by atoms with Gasteiger partial charge in [0, 0.05) is 10.8 Å². The lowest BCUT2D eigenvalue weighted by molar-refractivity contribution is -0.120. The molecule has 0 spiro atoms. The quantitative estimate of drug-likeness (QED) is 0.939. The highest BCUT2D eigenvalue weighted by atomic mass is 32.1. The average Bonchev–Trinajstić information content (AvgIpc) is 3.05. The van der Waals surface area contributed by atoms with Crippen molar-refractivity contribution >= 4 is 28.6 Å². The van der Waals surface area contributed by atoms with Gasteiger partial charge in [0.25, 0.3) is 0 Å². The van der Waals surface area contributed by atoms with Crippen LogP contribution in [0, 0.1) is 11.3 Å². The zero-order valence-corrected chi connectivity index (χ0v) is 13.8. The topological polar surface area (TPSA) is 65.8 Å². The molecule has 2 rings (SSSR count). The molecule has 21 heavy (non-hydrogen) atoms. The van der Waals surface area contributed by atoms with Crippen molar-refractivity contribution in [1.29, 1.82) is 5.26 Å². The molecule has 0 saturated heterocycles. The van der Waals surface area contributed by atoms with E-state index in [2.05, 4.69) is 37.1 Å². The first-order chi connectivity index (χ1) is 9.90. The SMILES string of the molecule is CC(C)(C)c1nc(CC(=O)N[C@H](C#N)c2ccsc2)cs1. The molecule has 0 aliphatic heterocycles. The van der Waals surface area contributed by atoms with Crippen LogP contribution in [0.5, 0.6) is 0 Å². The minimum Gasteiger partial charge on any atom is -0.336 e. The number of nitriles is 1. The number of aromatic nitrogens is 1. The molecule has 1 amide bonds. The largest absolute Gasteiger partial charge is 0.336 e. The molecule has 0 aliphatic carbocycles. The number of nitrogens with one attached hydrogen (secondary N) is 1. The summed E-state index contributed by atoms with van der Waals surface area (Å²) < 4.78 is 0. The molecule has 0 aromatic carbocycles. The third-order valence-electron chi connectivity index (χ3n) is 2.85. The predicted octanol–water partition coefficient (Wildman–Crippen LogP) is 3.43. The van der Waals surface area contributed by atoms with Gasteiger partial charge in [-0.25, -0.2) is 4.98 Å². The van der Waals surface area contributed by atoms with Crippen LogP contribution < -0.4 is 5.32 Å². The van der Waals surface area contributed by atoms with Crippen molar-refractivity contribution in [1.82, 2.24) is 10.3 Å². The van der Waals surface area contributed by atoms with Gasteiger partial charge in [-0.15, -0.1) is 11.3 Å². The number of carbonyl (C=O) groups is 1. The Morgan fingerprint density at radius 2 is 2.24 bits per heavy atom. The van der Waals surface area contributed by atoms with E-state index >= 15 is 0 Å². The second-order valence-corrected chi connectivity index (χ2v) is 7.40. The number of hydrogen-bond donors (Lipinski definition) is 1. The van der Waals surface area contributed by atoms with Gasteiger partial charge in [0.15, 0.2) is 0 Å². The molecule has 0 fully saturated rings. The summed E-state index contributed by atoms with van der Waals surface area (Å²) in [6, 6.07) is 3.36. The lowest BCUT2D eigenvalue weighted by Gasteiger charge is -2.13. The summed E-state index contributed by atoms with van der Waals surface area (Å²) >= 11 is 3.07.